The van der Waals surface area contributed by atoms with Crippen LogP contribution in [0.4, 0.5) is 4.79 Å². The highest BCUT2D eigenvalue weighted by molar-refractivity contribution is 5.76. The van der Waals surface area contributed by atoms with Crippen molar-refractivity contribution in [1.82, 2.24) is 30.4 Å². The van der Waals surface area contributed by atoms with Gasteiger partial charge in [0.05, 0.1) is 12.5 Å². The van der Waals surface area contributed by atoms with Crippen molar-refractivity contribution >= 4 is 12.0 Å². The predicted molar refractivity (Wildman–Crippen MR) is 88.3 cm³/mol. The van der Waals surface area contributed by atoms with Crippen molar-refractivity contribution in [3.63, 3.8) is 0 Å². The molecule has 1 aliphatic rings. The number of nitrogens with zero attached hydrogens (tertiary/aromatic N) is 4. The zero-order chi connectivity index (χ0) is 17.8. The minimum Gasteiger partial charge on any atom is -0.481 e. The van der Waals surface area contributed by atoms with Crippen LogP contribution in [0.25, 0.3) is 11.5 Å². The molecule has 132 valence electrons. The monoisotopic (exact) mass is 344 g/mol. The van der Waals surface area contributed by atoms with Crippen molar-refractivity contribution in [1.29, 1.82) is 0 Å². The second kappa shape index (κ2) is 7.29. The first-order valence-corrected chi connectivity index (χ1v) is 8.11. The van der Waals surface area contributed by atoms with E-state index in [0.717, 1.165) is 0 Å². The maximum atomic E-state index is 12.3. The molecule has 0 bridgehead atoms. The van der Waals surface area contributed by atoms with Gasteiger partial charge in [-0.3, -0.25) is 14.9 Å². The molecule has 9 nitrogen and oxygen atoms in total. The lowest BCUT2D eigenvalue weighted by molar-refractivity contribution is -0.143. The summed E-state index contributed by atoms with van der Waals surface area (Å²) in [5.41, 5.74) is 0.644. The second-order valence-electron chi connectivity index (χ2n) is 6.26. The first kappa shape index (κ1) is 16.9. The summed E-state index contributed by atoms with van der Waals surface area (Å²) in [6, 6.07) is 5.15. The fourth-order valence-electron chi connectivity index (χ4n) is 2.95. The van der Waals surface area contributed by atoms with Crippen molar-refractivity contribution in [2.75, 3.05) is 13.1 Å². The van der Waals surface area contributed by atoms with Gasteiger partial charge in [0.15, 0.2) is 5.82 Å². The van der Waals surface area contributed by atoms with Gasteiger partial charge < -0.3 is 15.3 Å². The third-order valence-corrected chi connectivity index (χ3v) is 4.13. The number of carboxylic acids is 1. The Morgan fingerprint density at radius 2 is 2.24 bits per heavy atom. The van der Waals surface area contributed by atoms with Gasteiger partial charge in [0.25, 0.3) is 0 Å². The lowest BCUT2D eigenvalue weighted by Gasteiger charge is -2.34. The number of carbonyl (C=O) groups excluding carboxylic acids is 1. The van der Waals surface area contributed by atoms with Crippen LogP contribution in [-0.4, -0.2) is 55.3 Å². The smallest absolute Gasteiger partial charge is 0.317 e. The number of nitrogens with one attached hydrogen (secondary N) is 2. The summed E-state index contributed by atoms with van der Waals surface area (Å²) < 4.78 is 0. The third kappa shape index (κ3) is 4.11. The number of aromatic nitrogens is 4. The summed E-state index contributed by atoms with van der Waals surface area (Å²) in [6.07, 6.45) is 2.25. The third-order valence-electron chi connectivity index (χ3n) is 4.13. The first-order chi connectivity index (χ1) is 12.0. The van der Waals surface area contributed by atoms with E-state index < -0.39 is 11.9 Å². The number of carboxylic acid groups (broad SMARTS) is 1. The van der Waals surface area contributed by atoms with Gasteiger partial charge in [-0.1, -0.05) is 13.0 Å². The Labute approximate surface area is 144 Å². The quantitative estimate of drug-likeness (QED) is 0.763. The summed E-state index contributed by atoms with van der Waals surface area (Å²) in [6.45, 7) is 2.90. The standard InChI is InChI=1S/C16H20N6O3/c1-10-6-11(15(23)24)9-22(8-10)16(25)18-7-13-19-14(21-20-13)12-4-2-3-5-17-12/h2-5,10-11H,6-9H2,1H3,(H,18,25)(H,23,24)(H,19,20,21). The molecule has 9 heteroatoms. The number of aromatic amines is 1. The van der Waals surface area contributed by atoms with Crippen LogP contribution in [0.1, 0.15) is 19.2 Å². The molecule has 0 aliphatic carbocycles. The second-order valence-corrected chi connectivity index (χ2v) is 6.26. The van der Waals surface area contributed by atoms with Crippen LogP contribution in [0, 0.1) is 11.8 Å². The molecule has 2 aromatic heterocycles. The predicted octanol–water partition coefficient (Wildman–Crippen LogP) is 1.12. The Kier molecular flexibility index (Phi) is 4.92. The van der Waals surface area contributed by atoms with E-state index in [1.165, 1.54) is 0 Å². The molecule has 2 atom stereocenters. The zero-order valence-electron chi connectivity index (χ0n) is 13.8. The molecular formula is C16H20N6O3. The minimum absolute atomic E-state index is 0.154. The number of amides is 2. The highest BCUT2D eigenvalue weighted by Crippen LogP contribution is 2.21. The molecule has 0 spiro atoms. The SMILES string of the molecule is CC1CC(C(=O)O)CN(C(=O)NCc2nc(-c3ccccn3)n[nH]2)C1. The highest BCUT2D eigenvalue weighted by Gasteiger charge is 2.31. The lowest BCUT2D eigenvalue weighted by atomic mass is 9.91. The fourth-order valence-corrected chi connectivity index (χ4v) is 2.95. The summed E-state index contributed by atoms with van der Waals surface area (Å²) in [7, 11) is 0. The van der Waals surface area contributed by atoms with Crippen molar-refractivity contribution in [3.8, 4) is 11.5 Å². The van der Waals surface area contributed by atoms with E-state index in [-0.39, 0.29) is 25.0 Å². The van der Waals surface area contributed by atoms with E-state index >= 15 is 0 Å². The van der Waals surface area contributed by atoms with E-state index in [2.05, 4.69) is 25.5 Å². The van der Waals surface area contributed by atoms with Crippen LogP contribution in [-0.2, 0) is 11.3 Å². The molecular weight excluding hydrogens is 324 g/mol. The molecule has 3 heterocycles. The largest absolute Gasteiger partial charge is 0.481 e. The van der Waals surface area contributed by atoms with Gasteiger partial charge in [0, 0.05) is 19.3 Å². The fraction of sp³-hybridized carbons (Fsp3) is 0.438. The number of pyridine rings is 1. The number of hydrogen-bond acceptors (Lipinski definition) is 5. The molecule has 2 aromatic rings. The number of rotatable bonds is 4. The number of hydrogen-bond donors (Lipinski definition) is 3. The van der Waals surface area contributed by atoms with Gasteiger partial charge in [-0.05, 0) is 24.5 Å². The van der Waals surface area contributed by atoms with Gasteiger partial charge in [-0.25, -0.2) is 9.78 Å². The normalized spacial score (nSPS) is 20.3. The number of piperidine rings is 1. The van der Waals surface area contributed by atoms with Gasteiger partial charge in [-0.2, -0.15) is 5.10 Å². The summed E-state index contributed by atoms with van der Waals surface area (Å²) in [5.74, 6) is -0.256. The number of H-pyrrole nitrogens is 1. The molecule has 3 N–H and O–H groups in total. The Morgan fingerprint density at radius 1 is 1.40 bits per heavy atom. The van der Waals surface area contributed by atoms with E-state index in [1.807, 2.05) is 13.0 Å². The number of urea groups is 1. The van der Waals surface area contributed by atoms with E-state index in [0.29, 0.717) is 30.3 Å². The van der Waals surface area contributed by atoms with Crippen LogP contribution in [0.15, 0.2) is 24.4 Å². The molecule has 0 radical (unpaired) electrons. The molecule has 1 fully saturated rings. The van der Waals surface area contributed by atoms with Gasteiger partial charge in [0.1, 0.15) is 11.5 Å². The van der Waals surface area contributed by atoms with Crippen LogP contribution in [0.5, 0.6) is 0 Å². The maximum absolute atomic E-state index is 12.3. The topological polar surface area (TPSA) is 124 Å². The number of likely N-dealkylation sites (tertiary alicyclic amines) is 1. The summed E-state index contributed by atoms with van der Waals surface area (Å²) >= 11 is 0. The number of aliphatic carboxylic acids is 1. The number of carbonyl (C=O) groups is 2. The van der Waals surface area contributed by atoms with Crippen LogP contribution >= 0.6 is 0 Å². The van der Waals surface area contributed by atoms with Crippen LogP contribution in [0.3, 0.4) is 0 Å². The van der Waals surface area contributed by atoms with Crippen molar-refractivity contribution in [3.05, 3.63) is 30.2 Å². The van der Waals surface area contributed by atoms with Gasteiger partial charge >= 0.3 is 12.0 Å². The Morgan fingerprint density at radius 3 is 2.96 bits per heavy atom. The van der Waals surface area contributed by atoms with Crippen LogP contribution in [0.2, 0.25) is 0 Å². The lowest BCUT2D eigenvalue weighted by Crippen LogP contribution is -2.49. The molecule has 3 rings (SSSR count). The molecule has 1 aliphatic heterocycles. The molecule has 0 aromatic carbocycles. The van der Waals surface area contributed by atoms with E-state index in [9.17, 15) is 14.7 Å². The molecule has 0 saturated carbocycles. The molecule has 2 amide bonds. The minimum atomic E-state index is -0.861. The van der Waals surface area contributed by atoms with Crippen LogP contribution < -0.4 is 5.32 Å². The van der Waals surface area contributed by atoms with Crippen molar-refractivity contribution in [2.45, 2.75) is 19.9 Å². The first-order valence-electron chi connectivity index (χ1n) is 8.11. The highest BCUT2D eigenvalue weighted by atomic mass is 16.4. The van der Waals surface area contributed by atoms with Crippen molar-refractivity contribution < 1.29 is 14.7 Å². The maximum Gasteiger partial charge on any atom is 0.317 e. The van der Waals surface area contributed by atoms with E-state index in [4.69, 9.17) is 0 Å². The molecule has 25 heavy (non-hydrogen) atoms. The average molecular weight is 344 g/mol. The Balaban J connectivity index is 1.57. The molecule has 1 saturated heterocycles. The van der Waals surface area contributed by atoms with Gasteiger partial charge in [-0.15, -0.1) is 0 Å². The molecule has 2 unspecified atom stereocenters. The Bertz CT molecular complexity index is 747. The average Bonchev–Trinajstić information content (AvgIpc) is 3.09. The Hall–Kier alpha value is -2.97. The van der Waals surface area contributed by atoms with Gasteiger partial charge in [0.2, 0.25) is 0 Å². The summed E-state index contributed by atoms with van der Waals surface area (Å²) in [5, 5.41) is 18.8. The zero-order valence-corrected chi connectivity index (χ0v) is 13.8. The van der Waals surface area contributed by atoms with Crippen molar-refractivity contribution in [2.24, 2.45) is 11.8 Å². The van der Waals surface area contributed by atoms with E-state index in [1.54, 1.807) is 23.2 Å². The summed E-state index contributed by atoms with van der Waals surface area (Å²) in [4.78, 5) is 33.5.